The van der Waals surface area contributed by atoms with E-state index in [0.29, 0.717) is 0 Å². The van der Waals surface area contributed by atoms with Crippen LogP contribution in [-0.4, -0.2) is 30.7 Å². The van der Waals surface area contributed by atoms with Gasteiger partial charge in [-0.25, -0.2) is 0 Å². The Morgan fingerprint density at radius 1 is 0.235 bits per heavy atom. The van der Waals surface area contributed by atoms with Gasteiger partial charge in [-0.2, -0.15) is 0 Å². The molecule has 0 atom stereocenters. The molecule has 0 radical (unpaired) electrons. The first-order valence-corrected chi connectivity index (χ1v) is 16.6. The maximum atomic E-state index is 2.37. The fourth-order valence-electron chi connectivity index (χ4n) is 5.68. The van der Waals surface area contributed by atoms with Crippen molar-refractivity contribution >= 4 is 0 Å². The van der Waals surface area contributed by atoms with E-state index in [2.05, 4.69) is 27.7 Å². The van der Waals surface area contributed by atoms with Gasteiger partial charge in [0.25, 0.3) is 0 Å². The number of quaternary nitrogens is 1. The summed E-state index contributed by atoms with van der Waals surface area (Å²) in [5.41, 5.74) is 0. The minimum Gasteiger partial charge on any atom is -0.324 e. The number of hydrogen-bond donors (Lipinski definition) is 0. The minimum absolute atomic E-state index is 1.36. The van der Waals surface area contributed by atoms with E-state index in [1.165, 1.54) is 191 Å². The van der Waals surface area contributed by atoms with Gasteiger partial charge in [-0.1, -0.05) is 156 Å². The van der Waals surface area contributed by atoms with Gasteiger partial charge in [-0.15, -0.1) is 0 Å². The lowest BCUT2D eigenvalue weighted by atomic mass is 10.0. The topological polar surface area (TPSA) is 0 Å². The third-order valence-electron chi connectivity index (χ3n) is 8.19. The molecule has 0 aliphatic rings. The Kier molecular flexibility index (Phi) is 27.5. The molecule has 1 heteroatoms. The molecule has 0 saturated carbocycles. The average molecular weight is 481 g/mol. The van der Waals surface area contributed by atoms with Crippen molar-refractivity contribution in [2.45, 2.75) is 188 Å². The summed E-state index contributed by atoms with van der Waals surface area (Å²) in [6.45, 7) is 15.2. The second-order valence-electron chi connectivity index (χ2n) is 11.7. The first kappa shape index (κ1) is 34.0. The lowest BCUT2D eigenvalue weighted by molar-refractivity contribution is -0.929. The number of hydrogen-bond acceptors (Lipinski definition) is 0. The van der Waals surface area contributed by atoms with Gasteiger partial charge in [-0.3, -0.25) is 0 Å². The zero-order chi connectivity index (χ0) is 25.0. The number of nitrogens with zero attached hydrogens (tertiary/aromatic N) is 1. The van der Waals surface area contributed by atoms with Gasteiger partial charge < -0.3 is 4.48 Å². The van der Waals surface area contributed by atoms with E-state index in [-0.39, 0.29) is 0 Å². The zero-order valence-electron chi connectivity index (χ0n) is 25.0. The molecule has 0 aromatic heterocycles. The van der Waals surface area contributed by atoms with Gasteiger partial charge in [0.15, 0.2) is 0 Å². The van der Waals surface area contributed by atoms with Crippen LogP contribution in [0.25, 0.3) is 0 Å². The van der Waals surface area contributed by atoms with Crippen LogP contribution in [0.1, 0.15) is 188 Å². The van der Waals surface area contributed by atoms with E-state index >= 15 is 0 Å². The van der Waals surface area contributed by atoms with E-state index < -0.39 is 0 Å². The molecule has 0 bridgehead atoms. The molecule has 0 amide bonds. The van der Waals surface area contributed by atoms with Gasteiger partial charge in [0.2, 0.25) is 0 Å². The molecule has 0 aromatic carbocycles. The summed E-state index contributed by atoms with van der Waals surface area (Å²) in [5, 5.41) is 0. The SMILES string of the molecule is CCCCCCCCCCCCCCCCCCCCC[N+](CCCC)(CCCC)CCCC. The van der Waals surface area contributed by atoms with E-state index in [1.807, 2.05) is 0 Å². The Bertz CT molecular complexity index is 342. The Morgan fingerprint density at radius 2 is 0.441 bits per heavy atom. The van der Waals surface area contributed by atoms with E-state index in [1.54, 1.807) is 0 Å². The Morgan fingerprint density at radius 3 is 0.706 bits per heavy atom. The lowest BCUT2D eigenvalue weighted by Gasteiger charge is -2.39. The Labute approximate surface area is 218 Å². The molecule has 0 N–H and O–H groups in total. The fraction of sp³-hybridized carbons (Fsp3) is 1.00. The summed E-state index contributed by atoms with van der Waals surface area (Å²) in [6.07, 6.45) is 36.4. The smallest absolute Gasteiger partial charge is 0.0786 e. The quantitative estimate of drug-likeness (QED) is 0.0737. The monoisotopic (exact) mass is 481 g/mol. The molecule has 0 fully saturated rings. The predicted molar refractivity (Wildman–Crippen MR) is 158 cm³/mol. The molecule has 0 spiro atoms. The molecule has 206 valence electrons. The second kappa shape index (κ2) is 27.5. The van der Waals surface area contributed by atoms with Crippen LogP contribution in [0.15, 0.2) is 0 Å². The molecule has 0 saturated heterocycles. The summed E-state index contributed by atoms with van der Waals surface area (Å²) in [6, 6.07) is 0. The molecule has 1 nitrogen and oxygen atoms in total. The third kappa shape index (κ3) is 22.4. The van der Waals surface area contributed by atoms with E-state index in [9.17, 15) is 0 Å². The fourth-order valence-corrected chi connectivity index (χ4v) is 5.68. The van der Waals surface area contributed by atoms with Crippen LogP contribution in [0, 0.1) is 0 Å². The van der Waals surface area contributed by atoms with Crippen molar-refractivity contribution in [2.24, 2.45) is 0 Å². The predicted octanol–water partition coefficient (Wildman–Crippen LogP) is 11.6. The van der Waals surface area contributed by atoms with Crippen LogP contribution >= 0.6 is 0 Å². The lowest BCUT2D eigenvalue weighted by Crippen LogP contribution is -2.50. The minimum atomic E-state index is 1.36. The van der Waals surface area contributed by atoms with Crippen molar-refractivity contribution in [3.05, 3.63) is 0 Å². The van der Waals surface area contributed by atoms with Crippen molar-refractivity contribution in [1.29, 1.82) is 0 Å². The maximum absolute atomic E-state index is 2.37. The summed E-state index contributed by atoms with van der Waals surface area (Å²) in [7, 11) is 0. The van der Waals surface area contributed by atoms with E-state index in [4.69, 9.17) is 0 Å². The van der Waals surface area contributed by atoms with Crippen LogP contribution in [0.2, 0.25) is 0 Å². The Balaban J connectivity index is 3.60. The van der Waals surface area contributed by atoms with Crippen LogP contribution in [0.5, 0.6) is 0 Å². The molecule has 0 unspecified atom stereocenters. The number of unbranched alkanes of at least 4 members (excludes halogenated alkanes) is 21. The van der Waals surface area contributed by atoms with Crippen molar-refractivity contribution in [3.8, 4) is 0 Å². The van der Waals surface area contributed by atoms with Crippen molar-refractivity contribution < 1.29 is 4.48 Å². The molecular weight excluding hydrogens is 410 g/mol. The van der Waals surface area contributed by atoms with E-state index in [0.717, 1.165) is 0 Å². The third-order valence-corrected chi connectivity index (χ3v) is 8.19. The van der Waals surface area contributed by atoms with Crippen LogP contribution in [0.4, 0.5) is 0 Å². The van der Waals surface area contributed by atoms with Crippen LogP contribution in [0.3, 0.4) is 0 Å². The van der Waals surface area contributed by atoms with Crippen LogP contribution < -0.4 is 0 Å². The van der Waals surface area contributed by atoms with Crippen molar-refractivity contribution in [2.75, 3.05) is 26.2 Å². The zero-order valence-corrected chi connectivity index (χ0v) is 25.0. The molecule has 0 aromatic rings. The molecular formula is C33H70N+. The summed E-state index contributed by atoms with van der Waals surface area (Å²) >= 11 is 0. The number of rotatable bonds is 29. The van der Waals surface area contributed by atoms with Crippen molar-refractivity contribution in [3.63, 3.8) is 0 Å². The molecule has 0 aliphatic heterocycles. The average Bonchev–Trinajstić information content (AvgIpc) is 2.86. The second-order valence-corrected chi connectivity index (χ2v) is 11.7. The maximum Gasteiger partial charge on any atom is 0.0786 e. The summed E-state index contributed by atoms with van der Waals surface area (Å²) < 4.78 is 1.44. The van der Waals surface area contributed by atoms with Crippen molar-refractivity contribution in [1.82, 2.24) is 0 Å². The summed E-state index contributed by atoms with van der Waals surface area (Å²) in [4.78, 5) is 0. The first-order chi connectivity index (χ1) is 16.7. The highest BCUT2D eigenvalue weighted by molar-refractivity contribution is 4.53. The normalized spacial score (nSPS) is 12.0. The van der Waals surface area contributed by atoms with Gasteiger partial charge in [0.05, 0.1) is 26.2 Å². The molecule has 0 heterocycles. The van der Waals surface area contributed by atoms with Gasteiger partial charge in [0, 0.05) is 0 Å². The van der Waals surface area contributed by atoms with Gasteiger partial charge in [0.1, 0.15) is 0 Å². The first-order valence-electron chi connectivity index (χ1n) is 16.6. The largest absolute Gasteiger partial charge is 0.324 e. The molecule has 0 rings (SSSR count). The highest BCUT2D eigenvalue weighted by atomic mass is 15.3. The molecule has 34 heavy (non-hydrogen) atoms. The highest BCUT2D eigenvalue weighted by Crippen LogP contribution is 2.18. The van der Waals surface area contributed by atoms with Gasteiger partial charge in [-0.05, 0) is 32.1 Å². The summed E-state index contributed by atoms with van der Waals surface area (Å²) in [5.74, 6) is 0. The highest BCUT2D eigenvalue weighted by Gasteiger charge is 2.24. The van der Waals surface area contributed by atoms with Crippen LogP contribution in [-0.2, 0) is 0 Å². The Hall–Kier alpha value is -0.0400. The standard InChI is InChI=1S/C33H70N/c1-5-9-13-14-15-16-17-18-19-20-21-22-23-24-25-26-27-28-29-33-34(30-10-6-2,31-11-7-3)32-12-8-4/h5-33H2,1-4H3/q+1. The molecule has 0 aliphatic carbocycles. The van der Waals surface area contributed by atoms with Gasteiger partial charge >= 0.3 is 0 Å².